The van der Waals surface area contributed by atoms with Crippen LogP contribution in [0.1, 0.15) is 39.0 Å². The number of benzene rings is 1. The molecule has 0 aliphatic carbocycles. The van der Waals surface area contributed by atoms with Crippen LogP contribution in [0.5, 0.6) is 0 Å². The third-order valence-corrected chi connectivity index (χ3v) is 13.8. The van der Waals surface area contributed by atoms with E-state index in [2.05, 4.69) is 24.3 Å². The van der Waals surface area contributed by atoms with Gasteiger partial charge in [0.15, 0.2) is 18.7 Å². The first kappa shape index (κ1) is 65.4. The maximum atomic E-state index is 12.5. The van der Waals surface area contributed by atoms with Gasteiger partial charge in [-0.05, 0) is 37.5 Å². The van der Waals surface area contributed by atoms with Gasteiger partial charge in [0.25, 0.3) is 0 Å². The summed E-state index contributed by atoms with van der Waals surface area (Å²) in [5, 5.41) is 94.6. The summed E-state index contributed by atoms with van der Waals surface area (Å²) in [5.74, 6) is -2.33. The van der Waals surface area contributed by atoms with Crippen molar-refractivity contribution in [2.75, 3.05) is 36.1 Å². The molecule has 0 saturated carbocycles. The molecule has 366 valence electrons. The molecule has 0 bridgehead atoms. The Balaban J connectivity index is 0.00000748. The van der Waals surface area contributed by atoms with Gasteiger partial charge in [0.2, 0.25) is 32.6 Å². The number of nitrogens with one attached hydrogen (secondary N) is 3. The minimum atomic E-state index is -5.98. The Kier molecular flexibility index (Phi) is 29.9. The molecule has 1 aromatic rings. The topological polar surface area (TPSA) is 422 Å². The second-order valence-electron chi connectivity index (χ2n) is 14.7. The summed E-state index contributed by atoms with van der Waals surface area (Å²) in [4.78, 5) is 36.6. The van der Waals surface area contributed by atoms with E-state index in [1.807, 2.05) is 21.6 Å². The van der Waals surface area contributed by atoms with Crippen LogP contribution in [-0.2, 0) is 62.5 Å². The van der Waals surface area contributed by atoms with Gasteiger partial charge in [0.05, 0.1) is 25.3 Å². The fourth-order valence-corrected chi connectivity index (χ4v) is 10.8. The minimum Gasteiger partial charge on any atom is -0.726 e. The van der Waals surface area contributed by atoms with Crippen molar-refractivity contribution in [1.29, 1.82) is 0 Å². The van der Waals surface area contributed by atoms with Crippen LogP contribution < -0.4 is 110 Å². The van der Waals surface area contributed by atoms with Gasteiger partial charge in [-0.2, -0.15) is 0 Å². The summed E-state index contributed by atoms with van der Waals surface area (Å²) in [6, 6.07) is 4.55. The first-order valence-corrected chi connectivity index (χ1v) is 24.5. The fraction of sp³-hybridized carbons (Fsp3) is 0.735. The number of carboxylic acids is 1. The van der Waals surface area contributed by atoms with E-state index in [-0.39, 0.29) is 94.6 Å². The SMILES string of the molecule is CC(=O)N[C@H]1[C@@H](OC[C@@H](O)[C@@H](O)[C@H](O)[C@@H](O)CNc2cccc(NC(=O)CCCCC3CCSS3)c2)O[C@H](CO)[C@H](O)[C@@H]1O[C@@H]1O[C@H](C(=O)[O-])[C@@H](O)[C@H](OS(=O)(=O)[O-])[C@H]1OS(=O)(=O)[O-].[Na+].[Na+].[Na+]. The molecule has 3 heterocycles. The zero-order valence-electron chi connectivity index (χ0n) is 36.6. The van der Waals surface area contributed by atoms with Gasteiger partial charge in [-0.1, -0.05) is 34.1 Å². The Labute approximate surface area is 459 Å². The van der Waals surface area contributed by atoms with Gasteiger partial charge < -0.3 is 89.7 Å². The van der Waals surface area contributed by atoms with Crippen molar-refractivity contribution in [2.24, 2.45) is 0 Å². The Morgan fingerprint density at radius 3 is 2.09 bits per heavy atom. The summed E-state index contributed by atoms with van der Waals surface area (Å²) < 4.78 is 99.2. The summed E-state index contributed by atoms with van der Waals surface area (Å²) in [7, 11) is -8.20. The predicted octanol–water partition coefficient (Wildman–Crippen LogP) is -14.3. The van der Waals surface area contributed by atoms with Crippen molar-refractivity contribution in [1.82, 2.24) is 5.32 Å². The fourth-order valence-electron chi connectivity index (χ4n) is 6.77. The van der Waals surface area contributed by atoms with E-state index in [1.54, 1.807) is 24.3 Å². The van der Waals surface area contributed by atoms with E-state index in [9.17, 15) is 81.2 Å². The van der Waals surface area contributed by atoms with Gasteiger partial charge in [0, 0.05) is 42.3 Å². The van der Waals surface area contributed by atoms with Crippen LogP contribution in [0.15, 0.2) is 24.3 Å². The van der Waals surface area contributed by atoms with Crippen LogP contribution in [0.2, 0.25) is 0 Å². The van der Waals surface area contributed by atoms with E-state index >= 15 is 0 Å². The molecule has 0 spiro atoms. The van der Waals surface area contributed by atoms with Crippen LogP contribution in [0.25, 0.3) is 0 Å². The van der Waals surface area contributed by atoms with Crippen molar-refractivity contribution in [3.05, 3.63) is 24.3 Å². The number of hydrogen-bond acceptors (Lipinski definition) is 26. The number of aliphatic hydroxyl groups excluding tert-OH is 7. The van der Waals surface area contributed by atoms with Crippen LogP contribution in [-0.4, -0.2) is 196 Å². The number of carbonyl (C=O) groups is 3. The molecule has 1 unspecified atom stereocenters. The summed E-state index contributed by atoms with van der Waals surface area (Å²) in [6.45, 7) is -1.59. The Morgan fingerprint density at radius 1 is 0.881 bits per heavy atom. The zero-order valence-corrected chi connectivity index (χ0v) is 45.9. The summed E-state index contributed by atoms with van der Waals surface area (Å²) in [6.07, 6.45) is -25.8. The zero-order chi connectivity index (χ0) is 47.5. The molecule has 2 amide bonds. The van der Waals surface area contributed by atoms with Crippen molar-refractivity contribution in [2.45, 2.75) is 130 Å². The first-order chi connectivity index (χ1) is 30.0. The average Bonchev–Trinajstić information content (AvgIpc) is 3.73. The molecule has 3 aliphatic heterocycles. The molecule has 67 heavy (non-hydrogen) atoms. The molecule has 3 aliphatic rings. The predicted molar refractivity (Wildman–Crippen MR) is 214 cm³/mol. The number of carboxylic acid groups (broad SMARTS) is 1. The maximum absolute atomic E-state index is 12.5. The second-order valence-corrected chi connectivity index (χ2v) is 19.6. The molecule has 15 atom stereocenters. The molecule has 1 aromatic carbocycles. The van der Waals surface area contributed by atoms with Gasteiger partial charge in [0.1, 0.15) is 61.0 Å². The van der Waals surface area contributed by atoms with E-state index in [0.717, 1.165) is 38.4 Å². The molecule has 26 nitrogen and oxygen atoms in total. The maximum Gasteiger partial charge on any atom is 1.00 e. The number of unbranched alkanes of at least 4 members (excludes halogenated alkanes) is 1. The van der Waals surface area contributed by atoms with Gasteiger partial charge >= 0.3 is 88.7 Å². The number of aliphatic hydroxyl groups is 7. The number of hydrogen-bond donors (Lipinski definition) is 10. The van der Waals surface area contributed by atoms with Gasteiger partial charge in [-0.15, -0.1) is 0 Å². The minimum absolute atomic E-state index is 0. The van der Waals surface area contributed by atoms with E-state index in [4.69, 9.17) is 18.9 Å². The Morgan fingerprint density at radius 2 is 1.51 bits per heavy atom. The third kappa shape index (κ3) is 21.1. The monoisotopic (exact) mass is 1070 g/mol. The average molecular weight is 1070 g/mol. The number of rotatable bonds is 24. The smallest absolute Gasteiger partial charge is 0.726 e. The standard InChI is InChI=1S/C34H53N3O23S4.3Na/c1-15(39)36-23-28(57-34-31(60-64(52,53)54)29(59-63(49,50)51)27(46)30(58-34)32(47)48)26(45)21(13-38)56-33(23)55-14-20(41)25(44)24(43)19(40)12-35-16-5-4-6-17(11-16)37-22(42)8-3-2-7-18-9-10-61-62-18;;;/h4-6,11,18-21,23-31,33-35,38,40-41,43-46H,2-3,7-10,12-14H2,1H3,(H,36,39)(H,37,42)(H,47,48)(H,49,50,51)(H,52,53,54);;;/q;3*+1/p-3/t18?,19-,20+,21+,23+,24+,25+,26-,27-,28+,29-,30-,31+,33-,34+;;;/m0.../s1. The van der Waals surface area contributed by atoms with Crippen LogP contribution in [0.4, 0.5) is 11.4 Å². The summed E-state index contributed by atoms with van der Waals surface area (Å²) >= 11 is 0. The number of anilines is 2. The number of amides is 2. The summed E-state index contributed by atoms with van der Waals surface area (Å²) in [5.41, 5.74) is 0.861. The first-order valence-electron chi connectivity index (χ1n) is 19.4. The molecular formula is C34H50N3Na3O23S4. The molecule has 10 N–H and O–H groups in total. The molecule has 4 rings (SSSR count). The molecule has 33 heteroatoms. The van der Waals surface area contributed by atoms with Crippen molar-refractivity contribution in [3.63, 3.8) is 0 Å². The largest absolute Gasteiger partial charge is 1.00 e. The van der Waals surface area contributed by atoms with Gasteiger partial charge in [-0.3, -0.25) is 18.0 Å². The molecule has 0 aromatic heterocycles. The Hall–Kier alpha value is 0.430. The van der Waals surface area contributed by atoms with Crippen molar-refractivity contribution in [3.8, 4) is 0 Å². The van der Waals surface area contributed by atoms with Gasteiger partial charge in [-0.25, -0.2) is 16.8 Å². The van der Waals surface area contributed by atoms with Crippen molar-refractivity contribution < 1.29 is 197 Å². The quantitative estimate of drug-likeness (QED) is 0.0151. The van der Waals surface area contributed by atoms with E-state index < -0.39 is 138 Å². The molecule has 3 saturated heterocycles. The van der Waals surface area contributed by atoms with E-state index in [0.29, 0.717) is 23.0 Å². The Bertz CT molecular complexity index is 1930. The second kappa shape index (κ2) is 30.6. The van der Waals surface area contributed by atoms with E-state index in [1.165, 1.54) is 0 Å². The number of ether oxygens (including phenoxy) is 4. The van der Waals surface area contributed by atoms with Crippen LogP contribution in [0, 0.1) is 0 Å². The molecule has 3 fully saturated rings. The third-order valence-electron chi connectivity index (χ3n) is 9.86. The van der Waals surface area contributed by atoms with Crippen LogP contribution in [0.3, 0.4) is 0 Å². The molecule has 0 radical (unpaired) electrons. The normalized spacial score (nSPS) is 29.4. The van der Waals surface area contributed by atoms with Crippen LogP contribution >= 0.6 is 21.6 Å². The number of aliphatic carboxylic acids is 1. The van der Waals surface area contributed by atoms with Crippen molar-refractivity contribution >= 4 is 71.5 Å². The molecular weight excluding hydrogens is 1020 g/mol. The number of carbonyl (C=O) groups excluding carboxylic acids is 3.